The molecule has 0 atom stereocenters. The van der Waals surface area contributed by atoms with E-state index in [1.54, 1.807) is 6.08 Å². The van der Waals surface area contributed by atoms with Crippen molar-refractivity contribution in [2.45, 2.75) is 0 Å². The van der Waals surface area contributed by atoms with Crippen molar-refractivity contribution in [2.24, 2.45) is 0 Å². The highest BCUT2D eigenvalue weighted by Gasteiger charge is 2.13. The Morgan fingerprint density at radius 2 is 2.00 bits per heavy atom. The first-order chi connectivity index (χ1) is 8.27. The lowest BCUT2D eigenvalue weighted by Gasteiger charge is -2.25. The molecule has 0 spiro atoms. The van der Waals surface area contributed by atoms with Crippen LogP contribution < -0.4 is 0 Å². The lowest BCUT2D eigenvalue weighted by atomic mass is 10.2. The molecule has 90 valence electrons. The van der Waals surface area contributed by atoms with Gasteiger partial charge in [0.15, 0.2) is 0 Å². The third kappa shape index (κ3) is 3.54. The molecule has 1 aliphatic heterocycles. The summed E-state index contributed by atoms with van der Waals surface area (Å²) in [7, 11) is 0. The van der Waals surface area contributed by atoms with Gasteiger partial charge in [0.05, 0.1) is 13.2 Å². The second-order valence-corrected chi connectivity index (χ2v) is 4.95. The van der Waals surface area contributed by atoms with Gasteiger partial charge < -0.3 is 9.64 Å². The van der Waals surface area contributed by atoms with Gasteiger partial charge in [-0.1, -0.05) is 18.2 Å². The van der Waals surface area contributed by atoms with E-state index in [4.69, 9.17) is 4.74 Å². The number of carbonyl (C=O) groups excluding carboxylic acids is 1. The molecule has 1 amide bonds. The quantitative estimate of drug-likeness (QED) is 0.609. The number of morpholine rings is 1. The summed E-state index contributed by atoms with van der Waals surface area (Å²) in [6.07, 6.45) is 3.52. The molecule has 1 fully saturated rings. The molecule has 4 heteroatoms. The van der Waals surface area contributed by atoms with Crippen LogP contribution in [0.4, 0.5) is 0 Å². The number of carbonyl (C=O) groups is 1. The summed E-state index contributed by atoms with van der Waals surface area (Å²) in [5.41, 5.74) is 1.08. The number of amides is 1. The Bertz CT molecular complexity index is 425. The summed E-state index contributed by atoms with van der Waals surface area (Å²) in [5.74, 6) is 0.0629. The molecule has 1 saturated heterocycles. The van der Waals surface area contributed by atoms with Crippen molar-refractivity contribution in [1.82, 2.24) is 4.90 Å². The lowest BCUT2D eigenvalue weighted by molar-refractivity contribution is -0.129. The van der Waals surface area contributed by atoms with Gasteiger partial charge in [-0.3, -0.25) is 4.79 Å². The van der Waals surface area contributed by atoms with Crippen LogP contribution in [0.25, 0.3) is 6.08 Å². The molecule has 17 heavy (non-hydrogen) atoms. The average Bonchev–Trinajstić information content (AvgIpc) is 2.38. The molecule has 0 radical (unpaired) electrons. The van der Waals surface area contributed by atoms with Gasteiger partial charge in [-0.05, 0) is 40.3 Å². The molecule has 0 aromatic heterocycles. The molecule has 0 aliphatic carbocycles. The van der Waals surface area contributed by atoms with E-state index < -0.39 is 0 Å². The number of ether oxygens (including phenoxy) is 1. The average molecular weight is 343 g/mol. The normalized spacial score (nSPS) is 16.4. The smallest absolute Gasteiger partial charge is 0.246 e. The standard InChI is InChI=1S/C13H14INO2/c14-12-4-2-1-3-11(12)5-6-13(16)15-7-9-17-10-8-15/h1-6H,7-10H2. The Labute approximate surface area is 115 Å². The maximum atomic E-state index is 11.9. The number of halogens is 1. The van der Waals surface area contributed by atoms with Gasteiger partial charge in [0.25, 0.3) is 0 Å². The Morgan fingerprint density at radius 1 is 1.29 bits per heavy atom. The van der Waals surface area contributed by atoms with Gasteiger partial charge in [-0.25, -0.2) is 0 Å². The molecule has 1 aromatic carbocycles. The Morgan fingerprint density at radius 3 is 2.71 bits per heavy atom. The van der Waals surface area contributed by atoms with Crippen LogP contribution in [0.3, 0.4) is 0 Å². The zero-order valence-electron chi connectivity index (χ0n) is 9.43. The minimum atomic E-state index is 0.0629. The van der Waals surface area contributed by atoms with Crippen LogP contribution in [-0.4, -0.2) is 37.1 Å². The van der Waals surface area contributed by atoms with Gasteiger partial charge in [0, 0.05) is 22.7 Å². The molecular formula is C13H14INO2. The van der Waals surface area contributed by atoms with Gasteiger partial charge in [0.1, 0.15) is 0 Å². The minimum Gasteiger partial charge on any atom is -0.378 e. The third-order valence-electron chi connectivity index (χ3n) is 2.63. The van der Waals surface area contributed by atoms with Crippen LogP contribution >= 0.6 is 22.6 Å². The first-order valence-electron chi connectivity index (χ1n) is 5.56. The highest BCUT2D eigenvalue weighted by molar-refractivity contribution is 14.1. The molecule has 1 heterocycles. The van der Waals surface area contributed by atoms with E-state index in [-0.39, 0.29) is 5.91 Å². The van der Waals surface area contributed by atoms with Gasteiger partial charge in [-0.2, -0.15) is 0 Å². The number of nitrogens with zero attached hydrogens (tertiary/aromatic N) is 1. The summed E-state index contributed by atoms with van der Waals surface area (Å²) in [6, 6.07) is 7.99. The van der Waals surface area contributed by atoms with Crippen molar-refractivity contribution in [2.75, 3.05) is 26.3 Å². The molecule has 1 aromatic rings. The number of hydrogen-bond donors (Lipinski definition) is 0. The summed E-state index contributed by atoms with van der Waals surface area (Å²) >= 11 is 2.27. The van der Waals surface area contributed by atoms with Gasteiger partial charge >= 0.3 is 0 Å². The molecule has 2 rings (SSSR count). The second-order valence-electron chi connectivity index (χ2n) is 3.79. The summed E-state index contributed by atoms with van der Waals surface area (Å²) in [6.45, 7) is 2.66. The Hall–Kier alpha value is -0.880. The van der Waals surface area contributed by atoms with E-state index in [9.17, 15) is 4.79 Å². The Kier molecular flexibility index (Phi) is 4.56. The van der Waals surface area contributed by atoms with Crippen LogP contribution in [0.5, 0.6) is 0 Å². The molecule has 0 saturated carbocycles. The van der Waals surface area contributed by atoms with Crippen molar-refractivity contribution in [3.8, 4) is 0 Å². The minimum absolute atomic E-state index is 0.0629. The van der Waals surface area contributed by atoms with E-state index in [0.29, 0.717) is 26.3 Å². The van der Waals surface area contributed by atoms with Crippen LogP contribution in [-0.2, 0) is 9.53 Å². The van der Waals surface area contributed by atoms with E-state index in [2.05, 4.69) is 22.6 Å². The third-order valence-corrected chi connectivity index (χ3v) is 3.62. The van der Waals surface area contributed by atoms with E-state index in [1.165, 1.54) is 0 Å². The Balaban J connectivity index is 2.00. The maximum Gasteiger partial charge on any atom is 0.246 e. The molecule has 0 bridgehead atoms. The topological polar surface area (TPSA) is 29.5 Å². The van der Waals surface area contributed by atoms with Crippen molar-refractivity contribution in [1.29, 1.82) is 0 Å². The zero-order chi connectivity index (χ0) is 12.1. The monoisotopic (exact) mass is 343 g/mol. The fourth-order valence-electron chi connectivity index (χ4n) is 1.66. The van der Waals surface area contributed by atoms with Gasteiger partial charge in [-0.15, -0.1) is 0 Å². The molecular weight excluding hydrogens is 329 g/mol. The van der Waals surface area contributed by atoms with Crippen LogP contribution in [0, 0.1) is 3.57 Å². The van der Waals surface area contributed by atoms with E-state index >= 15 is 0 Å². The fourth-order valence-corrected chi connectivity index (χ4v) is 2.23. The number of hydrogen-bond acceptors (Lipinski definition) is 2. The van der Waals surface area contributed by atoms with Gasteiger partial charge in [0.2, 0.25) is 5.91 Å². The lowest BCUT2D eigenvalue weighted by Crippen LogP contribution is -2.39. The molecule has 0 N–H and O–H groups in total. The highest BCUT2D eigenvalue weighted by Crippen LogP contribution is 2.13. The van der Waals surface area contributed by atoms with Crippen molar-refractivity contribution in [3.63, 3.8) is 0 Å². The zero-order valence-corrected chi connectivity index (χ0v) is 11.6. The van der Waals surface area contributed by atoms with Crippen molar-refractivity contribution < 1.29 is 9.53 Å². The molecule has 1 aliphatic rings. The number of benzene rings is 1. The predicted octanol–water partition coefficient (Wildman–Crippen LogP) is 2.16. The maximum absolute atomic E-state index is 11.9. The van der Waals surface area contributed by atoms with Crippen LogP contribution in [0.15, 0.2) is 30.3 Å². The molecule has 3 nitrogen and oxygen atoms in total. The SMILES string of the molecule is O=C(C=Cc1ccccc1I)N1CCOCC1. The first-order valence-corrected chi connectivity index (χ1v) is 6.64. The number of rotatable bonds is 2. The highest BCUT2D eigenvalue weighted by atomic mass is 127. The molecule has 0 unspecified atom stereocenters. The summed E-state index contributed by atoms with van der Waals surface area (Å²) in [5, 5.41) is 0. The predicted molar refractivity (Wildman–Crippen MR) is 75.6 cm³/mol. The first kappa shape index (κ1) is 12.6. The van der Waals surface area contributed by atoms with Crippen LogP contribution in [0.1, 0.15) is 5.56 Å². The van der Waals surface area contributed by atoms with Crippen LogP contribution in [0.2, 0.25) is 0 Å². The fraction of sp³-hybridized carbons (Fsp3) is 0.308. The summed E-state index contributed by atoms with van der Waals surface area (Å²) in [4.78, 5) is 13.7. The largest absolute Gasteiger partial charge is 0.378 e. The summed E-state index contributed by atoms with van der Waals surface area (Å²) < 4.78 is 6.36. The second kappa shape index (κ2) is 6.16. The van der Waals surface area contributed by atoms with Crippen molar-refractivity contribution in [3.05, 3.63) is 39.5 Å². The van der Waals surface area contributed by atoms with Crippen molar-refractivity contribution >= 4 is 34.6 Å². The van der Waals surface area contributed by atoms with E-state index in [0.717, 1.165) is 9.13 Å². The van der Waals surface area contributed by atoms with E-state index in [1.807, 2.05) is 35.2 Å².